The van der Waals surface area contributed by atoms with Gasteiger partial charge in [-0.15, -0.1) is 0 Å². The number of rotatable bonds is 5. The van der Waals surface area contributed by atoms with Crippen LogP contribution in [0.15, 0.2) is 48.5 Å². The summed E-state index contributed by atoms with van der Waals surface area (Å²) in [5.41, 5.74) is 0.895. The molecule has 0 radical (unpaired) electrons. The fourth-order valence-corrected chi connectivity index (χ4v) is 5.21. The molecule has 1 saturated heterocycles. The molecule has 4 rings (SSSR count). The van der Waals surface area contributed by atoms with Gasteiger partial charge in [0.15, 0.2) is 0 Å². The van der Waals surface area contributed by atoms with Gasteiger partial charge in [0.05, 0.1) is 23.8 Å². The molecule has 0 bridgehead atoms. The van der Waals surface area contributed by atoms with Gasteiger partial charge in [-0.05, 0) is 69.7 Å². The van der Waals surface area contributed by atoms with Gasteiger partial charge in [0.1, 0.15) is 6.10 Å². The van der Waals surface area contributed by atoms with Gasteiger partial charge in [-0.3, -0.25) is 0 Å². The van der Waals surface area contributed by atoms with E-state index in [1.165, 1.54) is 6.07 Å². The minimum absolute atomic E-state index is 0. The number of alkyl carbamates (subject to hydrolysis) is 1. The standard InChI is InChI=1S/C26H30F3NO3.CH4/c1-17-13-20(15-22(14-17)26(27,28)29)18(2)32-16-24(21-7-5-4-6-8-21)9-11-25(12-10-24)19(3)33-23(31)30-25;/h4-8,13-15,18-19H,9-12,16H2,1-3H3,(H,30,31);1H4/t18-,19?,24?,25?;/m1./s1. The maximum atomic E-state index is 13.3. The second-order valence-electron chi connectivity index (χ2n) is 9.56. The zero-order valence-corrected chi connectivity index (χ0v) is 19.2. The fraction of sp³-hybridized carbons (Fsp3) is 0.519. The van der Waals surface area contributed by atoms with Gasteiger partial charge in [-0.1, -0.05) is 49.4 Å². The number of carbonyl (C=O) groups is 1. The molecule has 1 N–H and O–H groups in total. The Bertz CT molecular complexity index is 998. The molecule has 7 heteroatoms. The molecule has 1 spiro atoms. The first kappa shape index (κ1) is 26.1. The monoisotopic (exact) mass is 477 g/mol. The smallest absolute Gasteiger partial charge is 0.416 e. The van der Waals surface area contributed by atoms with E-state index in [1.54, 1.807) is 19.9 Å². The van der Waals surface area contributed by atoms with E-state index in [4.69, 9.17) is 9.47 Å². The number of halogens is 3. The highest BCUT2D eigenvalue weighted by atomic mass is 19.4. The van der Waals surface area contributed by atoms with Crippen molar-refractivity contribution in [3.63, 3.8) is 0 Å². The zero-order valence-electron chi connectivity index (χ0n) is 19.2. The Morgan fingerprint density at radius 2 is 1.76 bits per heavy atom. The summed E-state index contributed by atoms with van der Waals surface area (Å²) in [6.07, 6.45) is -2.42. The predicted molar refractivity (Wildman–Crippen MR) is 126 cm³/mol. The first-order valence-corrected chi connectivity index (χ1v) is 11.4. The number of hydrogen-bond acceptors (Lipinski definition) is 3. The van der Waals surface area contributed by atoms with E-state index in [0.717, 1.165) is 37.3 Å². The lowest BCUT2D eigenvalue weighted by Crippen LogP contribution is -2.53. The van der Waals surface area contributed by atoms with Crippen LogP contribution in [0.25, 0.3) is 0 Å². The van der Waals surface area contributed by atoms with Crippen LogP contribution in [0.5, 0.6) is 0 Å². The van der Waals surface area contributed by atoms with Crippen molar-refractivity contribution in [2.24, 2.45) is 0 Å². The number of benzene rings is 2. The summed E-state index contributed by atoms with van der Waals surface area (Å²) >= 11 is 0. The van der Waals surface area contributed by atoms with E-state index < -0.39 is 17.8 Å². The number of aryl methyl sites for hydroxylation is 1. The maximum Gasteiger partial charge on any atom is 0.416 e. The Kier molecular flexibility index (Phi) is 7.37. The van der Waals surface area contributed by atoms with E-state index >= 15 is 0 Å². The average Bonchev–Trinajstić information content (AvgIpc) is 3.05. The molecule has 2 atom stereocenters. The van der Waals surface area contributed by atoms with Gasteiger partial charge < -0.3 is 14.8 Å². The maximum absolute atomic E-state index is 13.3. The van der Waals surface area contributed by atoms with E-state index in [9.17, 15) is 18.0 Å². The molecule has 2 aromatic carbocycles. The van der Waals surface area contributed by atoms with Gasteiger partial charge in [-0.2, -0.15) is 13.2 Å². The first-order chi connectivity index (χ1) is 15.5. The van der Waals surface area contributed by atoms with Gasteiger partial charge in [0.2, 0.25) is 0 Å². The minimum atomic E-state index is -4.39. The van der Waals surface area contributed by atoms with Crippen LogP contribution in [0.1, 0.15) is 75.3 Å². The van der Waals surface area contributed by atoms with Crippen molar-refractivity contribution in [2.75, 3.05) is 6.61 Å². The van der Waals surface area contributed by atoms with E-state index in [0.29, 0.717) is 17.7 Å². The number of ether oxygens (including phenoxy) is 2. The lowest BCUT2D eigenvalue weighted by Gasteiger charge is -2.46. The molecule has 1 heterocycles. The Morgan fingerprint density at radius 1 is 1.12 bits per heavy atom. The molecule has 2 aromatic rings. The van der Waals surface area contributed by atoms with Crippen molar-refractivity contribution in [2.45, 2.75) is 83.2 Å². The van der Waals surface area contributed by atoms with Crippen molar-refractivity contribution in [1.29, 1.82) is 0 Å². The Morgan fingerprint density at radius 3 is 2.32 bits per heavy atom. The lowest BCUT2D eigenvalue weighted by molar-refractivity contribution is -0.137. The van der Waals surface area contributed by atoms with Gasteiger partial charge in [0, 0.05) is 5.41 Å². The largest absolute Gasteiger partial charge is 0.444 e. The zero-order chi connectivity index (χ0) is 23.9. The Balaban J connectivity index is 0.00000324. The van der Waals surface area contributed by atoms with Crippen LogP contribution in [0.3, 0.4) is 0 Å². The number of cyclic esters (lactones) is 1. The molecule has 1 unspecified atom stereocenters. The highest BCUT2D eigenvalue weighted by Gasteiger charge is 2.52. The van der Waals surface area contributed by atoms with E-state index in [2.05, 4.69) is 17.4 Å². The topological polar surface area (TPSA) is 47.6 Å². The molecule has 4 nitrogen and oxygen atoms in total. The third-order valence-electron chi connectivity index (χ3n) is 7.40. The molecule has 1 saturated carbocycles. The highest BCUT2D eigenvalue weighted by molar-refractivity contribution is 5.71. The molecule has 0 aromatic heterocycles. The van der Waals surface area contributed by atoms with Gasteiger partial charge in [-0.25, -0.2) is 4.79 Å². The molecule has 1 amide bonds. The van der Waals surface area contributed by atoms with Crippen LogP contribution in [0, 0.1) is 6.92 Å². The fourth-order valence-electron chi connectivity index (χ4n) is 5.21. The number of hydrogen-bond donors (Lipinski definition) is 1. The lowest BCUT2D eigenvalue weighted by atomic mass is 9.63. The Labute approximate surface area is 199 Å². The van der Waals surface area contributed by atoms with Crippen LogP contribution in [0.4, 0.5) is 18.0 Å². The van der Waals surface area contributed by atoms with Gasteiger partial charge in [0.25, 0.3) is 0 Å². The van der Waals surface area contributed by atoms with Crippen molar-refractivity contribution in [3.8, 4) is 0 Å². The molecule has 1 aliphatic heterocycles. The molecule has 34 heavy (non-hydrogen) atoms. The number of alkyl halides is 3. The van der Waals surface area contributed by atoms with Crippen LogP contribution in [0.2, 0.25) is 0 Å². The van der Waals surface area contributed by atoms with Crippen molar-refractivity contribution < 1.29 is 27.4 Å². The molecule has 186 valence electrons. The second-order valence-corrected chi connectivity index (χ2v) is 9.56. The summed E-state index contributed by atoms with van der Waals surface area (Å²) in [4.78, 5) is 11.8. The van der Waals surface area contributed by atoms with Crippen molar-refractivity contribution in [1.82, 2.24) is 5.32 Å². The summed E-state index contributed by atoms with van der Waals surface area (Å²) in [7, 11) is 0. The quantitative estimate of drug-likeness (QED) is 0.499. The Hall–Kier alpha value is -2.54. The van der Waals surface area contributed by atoms with Crippen LogP contribution in [-0.2, 0) is 21.1 Å². The number of nitrogens with one attached hydrogen (secondary N) is 1. The third-order valence-corrected chi connectivity index (χ3v) is 7.40. The summed E-state index contributed by atoms with van der Waals surface area (Å²) in [6.45, 7) is 5.76. The molecule has 2 fully saturated rings. The summed E-state index contributed by atoms with van der Waals surface area (Å²) in [6, 6.07) is 14.2. The molecule has 1 aliphatic carbocycles. The van der Waals surface area contributed by atoms with Crippen LogP contribution in [-0.4, -0.2) is 24.3 Å². The minimum Gasteiger partial charge on any atom is -0.444 e. The molecular weight excluding hydrogens is 443 g/mol. The predicted octanol–water partition coefficient (Wildman–Crippen LogP) is 7.11. The SMILES string of the molecule is C.Cc1cc([C@@H](C)OCC2(c3ccccc3)CCC3(CC2)NC(=O)OC3C)cc(C(F)(F)F)c1. The van der Waals surface area contributed by atoms with Crippen LogP contribution >= 0.6 is 0 Å². The normalized spacial score (nSPS) is 27.6. The van der Waals surface area contributed by atoms with E-state index in [1.807, 2.05) is 25.1 Å². The van der Waals surface area contributed by atoms with Gasteiger partial charge >= 0.3 is 12.3 Å². The summed E-state index contributed by atoms with van der Waals surface area (Å²) < 4.78 is 51.5. The average molecular weight is 478 g/mol. The third kappa shape index (κ3) is 5.09. The summed E-state index contributed by atoms with van der Waals surface area (Å²) in [5.74, 6) is 0. The van der Waals surface area contributed by atoms with Crippen molar-refractivity contribution in [3.05, 3.63) is 70.8 Å². The number of carbonyl (C=O) groups excluding carboxylic acids is 1. The van der Waals surface area contributed by atoms with E-state index in [-0.39, 0.29) is 30.6 Å². The van der Waals surface area contributed by atoms with Crippen LogP contribution < -0.4 is 5.32 Å². The number of amides is 1. The second kappa shape index (κ2) is 9.61. The molecule has 2 aliphatic rings. The highest BCUT2D eigenvalue weighted by Crippen LogP contribution is 2.47. The summed E-state index contributed by atoms with van der Waals surface area (Å²) in [5, 5.41) is 3.02. The van der Waals surface area contributed by atoms with Crippen molar-refractivity contribution >= 4 is 6.09 Å². The molecular formula is C27H34F3NO3. The first-order valence-electron chi connectivity index (χ1n) is 11.4.